The fraction of sp³-hybridized carbons (Fsp3) is 0.562. The third kappa shape index (κ3) is 5.87. The highest BCUT2D eigenvalue weighted by Gasteiger charge is 2.16. The lowest BCUT2D eigenvalue weighted by atomic mass is 9.91. The third-order valence-electron chi connectivity index (χ3n) is 3.75. The quantitative estimate of drug-likeness (QED) is 0.840. The van der Waals surface area contributed by atoms with E-state index in [1.165, 1.54) is 32.1 Å². The van der Waals surface area contributed by atoms with Gasteiger partial charge in [-0.1, -0.05) is 31.4 Å². The molecule has 1 atom stereocenters. The van der Waals surface area contributed by atoms with Crippen LogP contribution in [0.5, 0.6) is 5.75 Å². The Balaban J connectivity index is 1.85. The van der Waals surface area contributed by atoms with Gasteiger partial charge in [-0.2, -0.15) is 0 Å². The number of amides is 1. The van der Waals surface area contributed by atoms with Crippen LogP contribution < -0.4 is 10.5 Å². The second-order valence-electron chi connectivity index (χ2n) is 5.66. The molecule has 2 rings (SSSR count). The van der Waals surface area contributed by atoms with Gasteiger partial charge in [0.1, 0.15) is 5.75 Å². The fourth-order valence-corrected chi connectivity index (χ4v) is 4.27. The Morgan fingerprint density at radius 3 is 2.76 bits per heavy atom. The van der Waals surface area contributed by atoms with E-state index in [4.69, 9.17) is 10.5 Å². The molecule has 1 amide bonds. The van der Waals surface area contributed by atoms with Crippen LogP contribution in [0.15, 0.2) is 24.3 Å². The van der Waals surface area contributed by atoms with Crippen molar-refractivity contribution in [2.75, 3.05) is 12.4 Å². The first-order valence-corrected chi connectivity index (χ1v) is 8.97. The van der Waals surface area contributed by atoms with E-state index in [1.807, 2.05) is 18.2 Å². The third-order valence-corrected chi connectivity index (χ3v) is 5.25. The van der Waals surface area contributed by atoms with E-state index in [1.54, 1.807) is 6.07 Å². The van der Waals surface area contributed by atoms with Crippen LogP contribution in [-0.4, -0.2) is 22.5 Å². The maximum absolute atomic E-state index is 12.3. The Morgan fingerprint density at radius 1 is 1.29 bits per heavy atom. The van der Waals surface area contributed by atoms with Gasteiger partial charge in [0, 0.05) is 22.3 Å². The first-order chi connectivity index (χ1) is 10.1. The Labute approximate surface area is 128 Å². The number of nitrogens with two attached hydrogens (primary N) is 1. The molecule has 0 bridgehead atoms. The van der Waals surface area contributed by atoms with E-state index < -0.39 is 16.7 Å². The normalized spacial score (nSPS) is 17.3. The van der Waals surface area contributed by atoms with Gasteiger partial charge in [-0.05, 0) is 36.5 Å². The van der Waals surface area contributed by atoms with Gasteiger partial charge < -0.3 is 10.5 Å². The largest absolute Gasteiger partial charge is 0.484 e. The number of hydrogen-bond acceptors (Lipinski definition) is 3. The van der Waals surface area contributed by atoms with Crippen molar-refractivity contribution in [2.24, 2.45) is 11.7 Å². The van der Waals surface area contributed by atoms with Gasteiger partial charge in [0.2, 0.25) is 0 Å². The van der Waals surface area contributed by atoms with Crippen molar-refractivity contribution in [3.8, 4) is 5.75 Å². The summed E-state index contributed by atoms with van der Waals surface area (Å²) in [5.41, 5.74) is 6.03. The van der Waals surface area contributed by atoms with Crippen LogP contribution in [0.25, 0.3) is 0 Å². The van der Waals surface area contributed by atoms with E-state index in [2.05, 4.69) is 0 Å². The number of benzene rings is 1. The van der Waals surface area contributed by atoms with Crippen LogP contribution in [-0.2, 0) is 21.3 Å². The van der Waals surface area contributed by atoms with Crippen molar-refractivity contribution < 1.29 is 13.7 Å². The van der Waals surface area contributed by atoms with E-state index in [0.717, 1.165) is 11.3 Å². The first kappa shape index (κ1) is 16.0. The zero-order valence-corrected chi connectivity index (χ0v) is 13.1. The molecule has 0 heterocycles. The molecule has 1 aliphatic carbocycles. The van der Waals surface area contributed by atoms with Gasteiger partial charge in [-0.15, -0.1) is 0 Å². The summed E-state index contributed by atoms with van der Waals surface area (Å²) in [6, 6.07) is 7.40. The molecule has 21 heavy (non-hydrogen) atoms. The molecule has 0 unspecified atom stereocenters. The molecule has 0 aliphatic heterocycles. The predicted octanol–water partition coefficient (Wildman–Crippen LogP) is 2.38. The number of hydrogen-bond donors (Lipinski definition) is 1. The maximum atomic E-state index is 12.3. The lowest BCUT2D eigenvalue weighted by Gasteiger charge is -2.20. The lowest BCUT2D eigenvalue weighted by molar-refractivity contribution is -0.119. The Hall–Kier alpha value is -1.36. The number of carbonyl (C=O) groups is 1. The molecule has 2 N–H and O–H groups in total. The van der Waals surface area contributed by atoms with E-state index >= 15 is 0 Å². The van der Waals surface area contributed by atoms with E-state index in [0.29, 0.717) is 17.4 Å². The highest BCUT2D eigenvalue weighted by Crippen LogP contribution is 2.25. The minimum absolute atomic E-state index is 0.130. The molecule has 4 nitrogen and oxygen atoms in total. The molecule has 1 saturated carbocycles. The van der Waals surface area contributed by atoms with E-state index in [9.17, 15) is 9.00 Å². The average Bonchev–Trinajstić information content (AvgIpc) is 2.46. The summed E-state index contributed by atoms with van der Waals surface area (Å²) in [5, 5.41) is 0. The monoisotopic (exact) mass is 309 g/mol. The minimum Gasteiger partial charge on any atom is -0.484 e. The van der Waals surface area contributed by atoms with Crippen molar-refractivity contribution in [1.29, 1.82) is 0 Å². The molecule has 1 aromatic carbocycles. The summed E-state index contributed by atoms with van der Waals surface area (Å²) < 4.78 is 17.5. The van der Waals surface area contributed by atoms with Crippen LogP contribution >= 0.6 is 0 Å². The van der Waals surface area contributed by atoms with Crippen molar-refractivity contribution in [3.05, 3.63) is 29.8 Å². The topological polar surface area (TPSA) is 69.4 Å². The van der Waals surface area contributed by atoms with Crippen LogP contribution in [0, 0.1) is 5.92 Å². The Morgan fingerprint density at radius 2 is 2.05 bits per heavy atom. The molecule has 0 spiro atoms. The van der Waals surface area contributed by atoms with Crippen molar-refractivity contribution in [2.45, 2.75) is 37.9 Å². The number of ether oxygens (including phenoxy) is 1. The van der Waals surface area contributed by atoms with Crippen LogP contribution in [0.1, 0.15) is 37.7 Å². The standard InChI is InChI=1S/C16H23NO3S/c17-16(18)10-20-15-8-4-7-14(9-15)12-21(19)11-13-5-2-1-3-6-13/h4,7-9,13H,1-3,5-6,10-12H2,(H2,17,18)/t21-/m1/s1. The molecule has 116 valence electrons. The van der Waals surface area contributed by atoms with Crippen molar-refractivity contribution >= 4 is 16.7 Å². The second kappa shape index (κ2) is 8.17. The summed E-state index contributed by atoms with van der Waals surface area (Å²) in [7, 11) is -0.837. The lowest BCUT2D eigenvalue weighted by Crippen LogP contribution is -2.20. The van der Waals surface area contributed by atoms with E-state index in [-0.39, 0.29) is 6.61 Å². The predicted molar refractivity (Wildman–Crippen MR) is 84.4 cm³/mol. The van der Waals surface area contributed by atoms with Crippen molar-refractivity contribution in [1.82, 2.24) is 0 Å². The van der Waals surface area contributed by atoms with Crippen molar-refractivity contribution in [3.63, 3.8) is 0 Å². The zero-order chi connectivity index (χ0) is 15.1. The second-order valence-corrected chi connectivity index (χ2v) is 7.16. The maximum Gasteiger partial charge on any atom is 0.255 e. The van der Waals surface area contributed by atoms with Crippen LogP contribution in [0.2, 0.25) is 0 Å². The molecule has 5 heteroatoms. The Bertz CT molecular complexity index is 498. The average molecular weight is 309 g/mol. The molecule has 1 aliphatic rings. The number of primary amides is 1. The highest BCUT2D eigenvalue weighted by molar-refractivity contribution is 7.84. The summed E-state index contributed by atoms with van der Waals surface area (Å²) in [6.07, 6.45) is 6.31. The van der Waals surface area contributed by atoms with Crippen LogP contribution in [0.4, 0.5) is 0 Å². The zero-order valence-electron chi connectivity index (χ0n) is 12.3. The van der Waals surface area contributed by atoms with Crippen LogP contribution in [0.3, 0.4) is 0 Å². The molecule has 0 radical (unpaired) electrons. The number of carbonyl (C=O) groups excluding carboxylic acids is 1. The first-order valence-electron chi connectivity index (χ1n) is 7.48. The summed E-state index contributed by atoms with van der Waals surface area (Å²) in [4.78, 5) is 10.7. The van der Waals surface area contributed by atoms with Gasteiger partial charge in [0.25, 0.3) is 5.91 Å². The smallest absolute Gasteiger partial charge is 0.255 e. The molecule has 0 saturated heterocycles. The van der Waals surface area contributed by atoms with Gasteiger partial charge >= 0.3 is 0 Å². The Kier molecular flexibility index (Phi) is 6.23. The van der Waals surface area contributed by atoms with Gasteiger partial charge in [0.05, 0.1) is 0 Å². The summed E-state index contributed by atoms with van der Waals surface area (Å²) in [6.45, 7) is -0.130. The van der Waals surface area contributed by atoms with Gasteiger partial charge in [-0.25, -0.2) is 0 Å². The van der Waals surface area contributed by atoms with Gasteiger partial charge in [0.15, 0.2) is 6.61 Å². The summed E-state index contributed by atoms with van der Waals surface area (Å²) >= 11 is 0. The molecular weight excluding hydrogens is 286 g/mol. The number of rotatable bonds is 7. The molecular formula is C16H23NO3S. The fourth-order valence-electron chi connectivity index (χ4n) is 2.74. The van der Waals surface area contributed by atoms with Gasteiger partial charge in [-0.3, -0.25) is 9.00 Å². The molecule has 1 aromatic rings. The SMILES string of the molecule is NC(=O)COc1cccc(C[S@](=O)CC2CCCCC2)c1. The minimum atomic E-state index is -0.837. The molecule has 1 fully saturated rings. The summed E-state index contributed by atoms with van der Waals surface area (Å²) in [5.74, 6) is 2.06. The molecule has 0 aromatic heterocycles. The highest BCUT2D eigenvalue weighted by atomic mass is 32.2.